The molecule has 0 fully saturated rings. The Balaban J connectivity index is 1.50. The summed E-state index contributed by atoms with van der Waals surface area (Å²) in [7, 11) is 0. The maximum atomic E-state index is 12.3. The van der Waals surface area contributed by atoms with Gasteiger partial charge in [0, 0.05) is 28.7 Å². The summed E-state index contributed by atoms with van der Waals surface area (Å²) >= 11 is 0. The molecule has 5 heteroatoms. The number of urea groups is 1. The molecule has 0 aliphatic rings. The smallest absolute Gasteiger partial charge is 0.319 e. The second kappa shape index (κ2) is 11.1. The average Bonchev–Trinajstić information content (AvgIpc) is 2.96. The van der Waals surface area contributed by atoms with Gasteiger partial charge in [-0.3, -0.25) is 0 Å². The van der Waals surface area contributed by atoms with Gasteiger partial charge in [0.1, 0.15) is 0 Å². The molecule has 5 nitrogen and oxygen atoms in total. The summed E-state index contributed by atoms with van der Waals surface area (Å²) in [5.41, 5.74) is 7.88. The van der Waals surface area contributed by atoms with Crippen molar-refractivity contribution in [3.05, 3.63) is 109 Å². The minimum Gasteiger partial charge on any atom is -0.391 e. The van der Waals surface area contributed by atoms with Crippen LogP contribution in [0.2, 0.25) is 0 Å². The fourth-order valence-corrected chi connectivity index (χ4v) is 4.29. The van der Waals surface area contributed by atoms with Crippen LogP contribution in [-0.2, 0) is 0 Å². The third-order valence-corrected chi connectivity index (χ3v) is 6.39. The van der Waals surface area contributed by atoms with Gasteiger partial charge >= 0.3 is 6.03 Å². The van der Waals surface area contributed by atoms with E-state index in [1.807, 2.05) is 61.5 Å². The van der Waals surface area contributed by atoms with Crippen molar-refractivity contribution in [1.82, 2.24) is 10.3 Å². The standard InChI is InChI=1S/C32H29N3O2/c1-2-28(36)21-33-32(37)34-27-17-18-30-26(19-27)20-29(24-11-7-4-8-12-24)31(35-30)25-15-13-23(14-16-25)22-9-5-3-6-10-22/h3-20,28,36H,2,21H2,1H3,(H2,33,34,37). The van der Waals surface area contributed by atoms with Gasteiger partial charge < -0.3 is 15.7 Å². The van der Waals surface area contributed by atoms with Crippen molar-refractivity contribution in [2.75, 3.05) is 11.9 Å². The quantitative estimate of drug-likeness (QED) is 0.229. The van der Waals surface area contributed by atoms with Gasteiger partial charge in [-0.25, -0.2) is 9.78 Å². The lowest BCUT2D eigenvalue weighted by molar-refractivity contribution is 0.168. The number of hydrogen-bond donors (Lipinski definition) is 3. The number of rotatable bonds is 7. The van der Waals surface area contributed by atoms with Crippen molar-refractivity contribution >= 4 is 22.6 Å². The second-order valence-electron chi connectivity index (χ2n) is 9.00. The molecule has 0 aliphatic heterocycles. The molecule has 3 N–H and O–H groups in total. The van der Waals surface area contributed by atoms with Crippen molar-refractivity contribution in [2.45, 2.75) is 19.4 Å². The zero-order chi connectivity index (χ0) is 25.6. The summed E-state index contributed by atoms with van der Waals surface area (Å²) in [5.74, 6) is 0. The van der Waals surface area contributed by atoms with E-state index >= 15 is 0 Å². The van der Waals surface area contributed by atoms with Crippen LogP contribution in [0.4, 0.5) is 10.5 Å². The number of fused-ring (bicyclic) bond motifs is 1. The first-order valence-corrected chi connectivity index (χ1v) is 12.5. The third-order valence-electron chi connectivity index (χ3n) is 6.39. The predicted octanol–water partition coefficient (Wildman–Crippen LogP) is 7.13. The molecule has 0 radical (unpaired) electrons. The molecule has 0 aliphatic carbocycles. The molecule has 5 aromatic rings. The molecule has 0 spiro atoms. The Kier molecular flexibility index (Phi) is 7.24. The molecular weight excluding hydrogens is 458 g/mol. The van der Waals surface area contributed by atoms with E-state index in [9.17, 15) is 9.90 Å². The van der Waals surface area contributed by atoms with Crippen molar-refractivity contribution in [3.8, 4) is 33.5 Å². The molecule has 2 amide bonds. The SMILES string of the molecule is CCC(O)CNC(=O)Nc1ccc2nc(-c3ccc(-c4ccccc4)cc3)c(-c3ccccc3)cc2c1. The number of aliphatic hydroxyl groups excluding tert-OH is 1. The van der Waals surface area contributed by atoms with Crippen molar-refractivity contribution in [1.29, 1.82) is 0 Å². The fraction of sp³-hybridized carbons (Fsp3) is 0.125. The van der Waals surface area contributed by atoms with Crippen molar-refractivity contribution < 1.29 is 9.90 Å². The first kappa shape index (κ1) is 24.2. The summed E-state index contributed by atoms with van der Waals surface area (Å²) < 4.78 is 0. The molecule has 1 unspecified atom stereocenters. The number of nitrogens with one attached hydrogen (secondary N) is 2. The van der Waals surface area contributed by atoms with E-state index in [-0.39, 0.29) is 12.6 Å². The van der Waals surface area contributed by atoms with Gasteiger partial charge in [-0.15, -0.1) is 0 Å². The lowest BCUT2D eigenvalue weighted by Gasteiger charge is -2.14. The Labute approximate surface area is 216 Å². The number of anilines is 1. The van der Waals surface area contributed by atoms with E-state index < -0.39 is 6.10 Å². The number of amides is 2. The molecule has 1 atom stereocenters. The zero-order valence-corrected chi connectivity index (χ0v) is 20.7. The molecule has 184 valence electrons. The maximum absolute atomic E-state index is 12.3. The van der Waals surface area contributed by atoms with Gasteiger partial charge in [-0.2, -0.15) is 0 Å². The molecule has 1 heterocycles. The van der Waals surface area contributed by atoms with E-state index in [0.29, 0.717) is 12.1 Å². The fourth-order valence-electron chi connectivity index (χ4n) is 4.29. The zero-order valence-electron chi connectivity index (χ0n) is 20.7. The van der Waals surface area contributed by atoms with Crippen LogP contribution in [-0.4, -0.2) is 28.8 Å². The first-order valence-electron chi connectivity index (χ1n) is 12.5. The van der Waals surface area contributed by atoms with E-state index in [1.54, 1.807) is 0 Å². The lowest BCUT2D eigenvalue weighted by Crippen LogP contribution is -2.34. The van der Waals surface area contributed by atoms with Crippen molar-refractivity contribution in [3.63, 3.8) is 0 Å². The van der Waals surface area contributed by atoms with Crippen LogP contribution < -0.4 is 10.6 Å². The van der Waals surface area contributed by atoms with Gasteiger partial charge in [-0.1, -0.05) is 91.9 Å². The normalized spacial score (nSPS) is 11.7. The van der Waals surface area contributed by atoms with Crippen molar-refractivity contribution in [2.24, 2.45) is 0 Å². The Morgan fingerprint density at radius 2 is 1.41 bits per heavy atom. The average molecular weight is 488 g/mol. The highest BCUT2D eigenvalue weighted by atomic mass is 16.3. The molecule has 0 saturated carbocycles. The Bertz CT molecular complexity index is 1500. The van der Waals surface area contributed by atoms with Gasteiger partial charge in [0.25, 0.3) is 0 Å². The molecular formula is C32H29N3O2. The number of aromatic nitrogens is 1. The van der Waals surface area contributed by atoms with E-state index in [1.165, 1.54) is 5.56 Å². The minimum absolute atomic E-state index is 0.210. The van der Waals surface area contributed by atoms with Crippen LogP contribution in [0.3, 0.4) is 0 Å². The van der Waals surface area contributed by atoms with Crippen LogP contribution in [0.5, 0.6) is 0 Å². The van der Waals surface area contributed by atoms with Crippen LogP contribution in [0.15, 0.2) is 109 Å². The first-order chi connectivity index (χ1) is 18.1. The van der Waals surface area contributed by atoms with E-state index in [0.717, 1.165) is 38.9 Å². The number of hydrogen-bond acceptors (Lipinski definition) is 3. The Hall–Kier alpha value is -4.48. The summed E-state index contributed by atoms with van der Waals surface area (Å²) in [6, 6.07) is 36.5. The maximum Gasteiger partial charge on any atom is 0.319 e. The van der Waals surface area contributed by atoms with Gasteiger partial charge in [0.05, 0.1) is 17.3 Å². The van der Waals surface area contributed by atoms with Gasteiger partial charge in [-0.05, 0) is 47.4 Å². The number of nitrogens with zero attached hydrogens (tertiary/aromatic N) is 1. The number of benzene rings is 4. The molecule has 4 aromatic carbocycles. The van der Waals surface area contributed by atoms with Crippen LogP contribution >= 0.6 is 0 Å². The van der Waals surface area contributed by atoms with Crippen LogP contribution in [0, 0.1) is 0 Å². The molecule has 5 rings (SSSR count). The molecule has 0 saturated heterocycles. The van der Waals surface area contributed by atoms with Crippen LogP contribution in [0.25, 0.3) is 44.4 Å². The molecule has 0 bridgehead atoms. The highest BCUT2D eigenvalue weighted by Crippen LogP contribution is 2.35. The lowest BCUT2D eigenvalue weighted by atomic mass is 9.96. The van der Waals surface area contributed by atoms with Gasteiger partial charge in [0.15, 0.2) is 0 Å². The predicted molar refractivity (Wildman–Crippen MR) is 151 cm³/mol. The van der Waals surface area contributed by atoms with E-state index in [4.69, 9.17) is 4.98 Å². The van der Waals surface area contributed by atoms with Gasteiger partial charge in [0.2, 0.25) is 0 Å². The Morgan fingerprint density at radius 1 is 0.784 bits per heavy atom. The second-order valence-corrected chi connectivity index (χ2v) is 9.00. The summed E-state index contributed by atoms with van der Waals surface area (Å²) in [4.78, 5) is 17.3. The minimum atomic E-state index is -0.555. The Morgan fingerprint density at radius 3 is 2.08 bits per heavy atom. The number of pyridine rings is 1. The molecule has 1 aromatic heterocycles. The number of carbonyl (C=O) groups is 1. The highest BCUT2D eigenvalue weighted by Gasteiger charge is 2.13. The van der Waals surface area contributed by atoms with E-state index in [2.05, 4.69) is 65.2 Å². The number of carbonyl (C=O) groups excluding carboxylic acids is 1. The third kappa shape index (κ3) is 5.68. The number of aliphatic hydroxyl groups is 1. The van der Waals surface area contributed by atoms with Crippen LogP contribution in [0.1, 0.15) is 13.3 Å². The summed E-state index contributed by atoms with van der Waals surface area (Å²) in [6.07, 6.45) is 0.0294. The molecule has 37 heavy (non-hydrogen) atoms. The monoisotopic (exact) mass is 487 g/mol. The largest absolute Gasteiger partial charge is 0.391 e. The topological polar surface area (TPSA) is 74.2 Å². The summed E-state index contributed by atoms with van der Waals surface area (Å²) in [6.45, 7) is 2.08. The summed E-state index contributed by atoms with van der Waals surface area (Å²) in [5, 5.41) is 16.2. The highest BCUT2D eigenvalue weighted by molar-refractivity contribution is 5.96.